The van der Waals surface area contributed by atoms with Gasteiger partial charge in [-0.2, -0.15) is 15.5 Å². The summed E-state index contributed by atoms with van der Waals surface area (Å²) in [5.74, 6) is 1.41. The van der Waals surface area contributed by atoms with E-state index in [0.717, 1.165) is 46.6 Å². The molecule has 0 spiro atoms. The number of nitrogens with zero attached hydrogens (tertiary/aromatic N) is 7. The minimum absolute atomic E-state index is 0.0237. The van der Waals surface area contributed by atoms with E-state index >= 15 is 0 Å². The van der Waals surface area contributed by atoms with Crippen molar-refractivity contribution >= 4 is 34.7 Å². The largest absolute Gasteiger partial charge is 0.496 e. The molecule has 10 nitrogen and oxygen atoms in total. The highest BCUT2D eigenvalue weighted by Gasteiger charge is 2.34. The Balaban J connectivity index is 1.62. The lowest BCUT2D eigenvalue weighted by Crippen LogP contribution is -2.45. The van der Waals surface area contributed by atoms with E-state index in [0.29, 0.717) is 29.6 Å². The van der Waals surface area contributed by atoms with E-state index < -0.39 is 0 Å². The molecule has 0 amide bonds. The highest BCUT2D eigenvalue weighted by Crippen LogP contribution is 2.44. The number of fused-ring (bicyclic) bond motifs is 1. The van der Waals surface area contributed by atoms with Gasteiger partial charge < -0.3 is 15.9 Å². The lowest BCUT2D eigenvalue weighted by Gasteiger charge is -2.40. The van der Waals surface area contributed by atoms with Gasteiger partial charge in [0.1, 0.15) is 17.9 Å². The number of aromatic nitrogens is 4. The molecule has 5 rings (SSSR count). The number of halogens is 1. The standard InChI is InChI=1S/C23H26ClN9O/c1-12-17(24)6-16(21(34-3)18(12)15-9-32(10-15)5-4-25)13(2)33-23-19(22(26)27-11-28-23)20(31-33)14-7-29-30-8-14/h6-7,11,13-15,30H,5,8-10H2,1-3H3,(H2,26,27,28). The molecular weight excluding hydrogens is 454 g/mol. The molecule has 176 valence electrons. The second-order valence-electron chi connectivity index (χ2n) is 8.78. The fourth-order valence-electron chi connectivity index (χ4n) is 4.97. The third-order valence-corrected chi connectivity index (χ3v) is 7.18. The molecule has 1 saturated heterocycles. The van der Waals surface area contributed by atoms with Crippen LogP contribution in [0.5, 0.6) is 5.75 Å². The summed E-state index contributed by atoms with van der Waals surface area (Å²) in [5.41, 5.74) is 13.7. The van der Waals surface area contributed by atoms with Crippen molar-refractivity contribution in [3.8, 4) is 11.8 Å². The minimum atomic E-state index is -0.237. The molecule has 2 aliphatic heterocycles. The Morgan fingerprint density at radius 3 is 2.85 bits per heavy atom. The molecule has 2 aromatic heterocycles. The third kappa shape index (κ3) is 3.52. The van der Waals surface area contributed by atoms with Crippen LogP contribution in [-0.2, 0) is 0 Å². The van der Waals surface area contributed by atoms with Crippen LogP contribution < -0.4 is 15.9 Å². The van der Waals surface area contributed by atoms with Gasteiger partial charge in [0.05, 0.1) is 42.8 Å². The number of methoxy groups -OCH3 is 1. The van der Waals surface area contributed by atoms with E-state index in [-0.39, 0.29) is 17.9 Å². The summed E-state index contributed by atoms with van der Waals surface area (Å²) in [7, 11) is 1.68. The molecule has 2 aliphatic rings. The maximum Gasteiger partial charge on any atom is 0.164 e. The number of likely N-dealkylation sites (tertiary alicyclic amines) is 1. The predicted octanol–water partition coefficient (Wildman–Crippen LogP) is 2.58. The Labute approximate surface area is 202 Å². The number of nitrogen functional groups attached to an aromatic ring is 1. The molecule has 0 aliphatic carbocycles. The quantitative estimate of drug-likeness (QED) is 0.516. The van der Waals surface area contributed by atoms with Crippen LogP contribution in [-0.4, -0.2) is 64.2 Å². The SMILES string of the molecule is COc1c(C(C)n2nc(C3C=NNC3)c3c(N)ncnc32)cc(Cl)c(C)c1C1CN(CC#N)C1. The molecule has 34 heavy (non-hydrogen) atoms. The van der Waals surface area contributed by atoms with Gasteiger partial charge in [0, 0.05) is 47.9 Å². The van der Waals surface area contributed by atoms with Gasteiger partial charge in [-0.3, -0.25) is 4.90 Å². The number of nitrogens with one attached hydrogen (secondary N) is 1. The summed E-state index contributed by atoms with van der Waals surface area (Å²) in [6.45, 7) is 6.72. The van der Waals surface area contributed by atoms with Crippen molar-refractivity contribution in [2.45, 2.75) is 31.7 Å². The highest BCUT2D eigenvalue weighted by molar-refractivity contribution is 6.31. The first-order valence-corrected chi connectivity index (χ1v) is 11.5. The van der Waals surface area contributed by atoms with Crippen LogP contribution in [0.2, 0.25) is 5.02 Å². The average molecular weight is 480 g/mol. The first-order valence-electron chi connectivity index (χ1n) is 11.1. The minimum Gasteiger partial charge on any atom is -0.496 e. The maximum absolute atomic E-state index is 9.01. The van der Waals surface area contributed by atoms with Crippen LogP contribution in [0.3, 0.4) is 0 Å². The maximum atomic E-state index is 9.01. The molecule has 4 heterocycles. The summed E-state index contributed by atoms with van der Waals surface area (Å²) < 4.78 is 7.84. The van der Waals surface area contributed by atoms with Crippen LogP contribution in [0, 0.1) is 18.3 Å². The van der Waals surface area contributed by atoms with Crippen LogP contribution in [0.25, 0.3) is 11.0 Å². The normalized spacial score (nSPS) is 19.1. The predicted molar refractivity (Wildman–Crippen MR) is 130 cm³/mol. The number of hydrogen-bond donors (Lipinski definition) is 2. The Morgan fingerprint density at radius 1 is 1.38 bits per heavy atom. The number of hydrazone groups is 1. The lowest BCUT2D eigenvalue weighted by atomic mass is 9.85. The van der Waals surface area contributed by atoms with E-state index in [1.165, 1.54) is 6.33 Å². The molecule has 0 radical (unpaired) electrons. The number of benzene rings is 1. The Bertz CT molecular complexity index is 1320. The second-order valence-corrected chi connectivity index (χ2v) is 9.19. The lowest BCUT2D eigenvalue weighted by molar-refractivity contribution is 0.166. The Morgan fingerprint density at radius 2 is 2.18 bits per heavy atom. The zero-order valence-corrected chi connectivity index (χ0v) is 20.0. The summed E-state index contributed by atoms with van der Waals surface area (Å²) in [4.78, 5) is 10.8. The first-order chi connectivity index (χ1) is 16.4. The van der Waals surface area contributed by atoms with Gasteiger partial charge in [-0.1, -0.05) is 11.6 Å². The molecule has 0 saturated carbocycles. The smallest absolute Gasteiger partial charge is 0.164 e. The van der Waals surface area contributed by atoms with Crippen LogP contribution >= 0.6 is 11.6 Å². The second kappa shape index (κ2) is 8.74. The molecule has 1 aromatic carbocycles. The van der Waals surface area contributed by atoms with Crippen LogP contribution in [0.15, 0.2) is 17.5 Å². The van der Waals surface area contributed by atoms with Crippen molar-refractivity contribution in [3.63, 3.8) is 0 Å². The van der Waals surface area contributed by atoms with Crippen molar-refractivity contribution in [2.75, 3.05) is 39.0 Å². The van der Waals surface area contributed by atoms with Gasteiger partial charge in [-0.25, -0.2) is 14.6 Å². The van der Waals surface area contributed by atoms with E-state index in [1.54, 1.807) is 7.11 Å². The Kier molecular flexibility index (Phi) is 5.75. The number of nitrogens with two attached hydrogens (primary N) is 1. The summed E-state index contributed by atoms with van der Waals surface area (Å²) >= 11 is 6.73. The number of nitriles is 1. The number of rotatable bonds is 6. The molecule has 2 atom stereocenters. The van der Waals surface area contributed by atoms with Crippen LogP contribution in [0.1, 0.15) is 47.2 Å². The van der Waals surface area contributed by atoms with Gasteiger partial charge >= 0.3 is 0 Å². The average Bonchev–Trinajstić information content (AvgIpc) is 3.46. The van der Waals surface area contributed by atoms with E-state index in [1.807, 2.05) is 30.8 Å². The van der Waals surface area contributed by atoms with Crippen molar-refractivity contribution in [1.29, 1.82) is 5.26 Å². The van der Waals surface area contributed by atoms with Crippen molar-refractivity contribution in [3.05, 3.63) is 39.8 Å². The molecule has 3 aromatic rings. The number of anilines is 1. The fourth-order valence-corrected chi connectivity index (χ4v) is 5.19. The van der Waals surface area contributed by atoms with E-state index in [2.05, 4.69) is 31.5 Å². The van der Waals surface area contributed by atoms with Crippen LogP contribution in [0.4, 0.5) is 5.82 Å². The zero-order valence-electron chi connectivity index (χ0n) is 19.3. The highest BCUT2D eigenvalue weighted by atomic mass is 35.5. The van der Waals surface area contributed by atoms with E-state index in [9.17, 15) is 0 Å². The molecule has 2 unspecified atom stereocenters. The van der Waals surface area contributed by atoms with Gasteiger partial charge in [0.2, 0.25) is 0 Å². The first kappa shape index (κ1) is 22.4. The fraction of sp³-hybridized carbons (Fsp3) is 0.435. The van der Waals surface area contributed by atoms with Gasteiger partial charge in [-0.05, 0) is 25.5 Å². The van der Waals surface area contributed by atoms with Gasteiger partial charge in [0.15, 0.2) is 5.65 Å². The molecule has 3 N–H and O–H groups in total. The van der Waals surface area contributed by atoms with Crippen molar-refractivity contribution < 1.29 is 4.74 Å². The number of hydrogen-bond acceptors (Lipinski definition) is 9. The number of ether oxygens (including phenoxy) is 1. The third-order valence-electron chi connectivity index (χ3n) is 6.79. The van der Waals surface area contributed by atoms with Crippen molar-refractivity contribution in [1.82, 2.24) is 30.1 Å². The van der Waals surface area contributed by atoms with E-state index in [4.69, 9.17) is 32.4 Å². The monoisotopic (exact) mass is 479 g/mol. The van der Waals surface area contributed by atoms with Gasteiger partial charge in [0.25, 0.3) is 0 Å². The zero-order chi connectivity index (χ0) is 24.0. The molecule has 1 fully saturated rings. The molecular formula is C23H26ClN9O. The summed E-state index contributed by atoms with van der Waals surface area (Å²) in [6, 6.07) is 3.93. The molecule has 11 heteroatoms. The summed E-state index contributed by atoms with van der Waals surface area (Å²) in [5, 5.41) is 19.5. The molecule has 0 bridgehead atoms. The van der Waals surface area contributed by atoms with Crippen molar-refractivity contribution in [2.24, 2.45) is 5.10 Å². The summed E-state index contributed by atoms with van der Waals surface area (Å²) in [6.07, 6.45) is 3.28. The topological polar surface area (TPSA) is 130 Å². The Hall–Kier alpha value is -3.42. The van der Waals surface area contributed by atoms with Gasteiger partial charge in [-0.15, -0.1) is 0 Å².